The predicted octanol–water partition coefficient (Wildman–Crippen LogP) is 1.68. The summed E-state index contributed by atoms with van der Waals surface area (Å²) in [7, 11) is 0. The molecule has 0 unspecified atom stereocenters. The number of carbonyl (C=O) groups excluding carboxylic acids is 1. The van der Waals surface area contributed by atoms with E-state index in [4.69, 9.17) is 14.4 Å². The lowest BCUT2D eigenvalue weighted by Gasteiger charge is -2.33. The Kier molecular flexibility index (Phi) is 5.06. The number of rotatable bonds is 3. The number of aliphatic hydroxyl groups is 1. The Morgan fingerprint density at radius 2 is 2.10 bits per heavy atom. The van der Waals surface area contributed by atoms with Crippen molar-refractivity contribution in [3.63, 3.8) is 0 Å². The first kappa shape index (κ1) is 20.1. The summed E-state index contributed by atoms with van der Waals surface area (Å²) < 4.78 is 12.1. The van der Waals surface area contributed by atoms with Gasteiger partial charge in [-0.1, -0.05) is 5.16 Å². The van der Waals surface area contributed by atoms with E-state index < -0.39 is 5.60 Å². The summed E-state index contributed by atoms with van der Waals surface area (Å²) in [6.45, 7) is 6.22. The van der Waals surface area contributed by atoms with Crippen LogP contribution in [0.5, 0.6) is 0 Å². The van der Waals surface area contributed by atoms with Crippen LogP contribution in [0.2, 0.25) is 0 Å². The predicted molar refractivity (Wildman–Crippen MR) is 105 cm³/mol. The first-order valence-corrected chi connectivity index (χ1v) is 9.78. The molecule has 2 N–H and O–H groups in total. The molecule has 0 aromatic carbocycles. The van der Waals surface area contributed by atoms with Crippen LogP contribution in [0.1, 0.15) is 51.1 Å². The minimum Gasteiger partial charge on any atom is -0.444 e. The van der Waals surface area contributed by atoms with Gasteiger partial charge in [-0.25, -0.2) is 9.31 Å². The Balaban J connectivity index is 1.58. The monoisotopic (exact) mass is 416 g/mol. The number of likely N-dealkylation sites (tertiary alicyclic amines) is 1. The molecule has 1 saturated heterocycles. The molecular formula is C19H24N6O5. The lowest BCUT2D eigenvalue weighted by atomic mass is 9.93. The van der Waals surface area contributed by atoms with Gasteiger partial charge in [0.05, 0.1) is 17.5 Å². The Morgan fingerprint density at radius 1 is 1.37 bits per heavy atom. The number of aromatic amines is 1. The van der Waals surface area contributed by atoms with Gasteiger partial charge in [-0.3, -0.25) is 4.79 Å². The molecule has 11 nitrogen and oxygen atoms in total. The summed E-state index contributed by atoms with van der Waals surface area (Å²) >= 11 is 0. The number of aliphatic hydroxyl groups excluding tert-OH is 1. The molecule has 0 saturated carbocycles. The minimum absolute atomic E-state index is 0.0551. The van der Waals surface area contributed by atoms with E-state index >= 15 is 0 Å². The zero-order valence-electron chi connectivity index (χ0n) is 17.1. The topological polar surface area (TPSA) is 139 Å². The first-order valence-electron chi connectivity index (χ1n) is 9.78. The van der Waals surface area contributed by atoms with Crippen LogP contribution in [-0.2, 0) is 11.3 Å². The molecule has 3 aromatic rings. The van der Waals surface area contributed by atoms with Crippen LogP contribution in [0.25, 0.3) is 17.0 Å². The quantitative estimate of drug-likeness (QED) is 0.657. The van der Waals surface area contributed by atoms with E-state index in [1.54, 1.807) is 15.6 Å². The van der Waals surface area contributed by atoms with Crippen molar-refractivity contribution in [2.75, 3.05) is 13.1 Å². The van der Waals surface area contributed by atoms with Crippen molar-refractivity contribution >= 4 is 11.7 Å². The normalized spacial score (nSPS) is 15.7. The van der Waals surface area contributed by atoms with Gasteiger partial charge in [0.2, 0.25) is 5.82 Å². The minimum atomic E-state index is -0.538. The Labute approximate surface area is 171 Å². The number of ether oxygens (including phenoxy) is 1. The van der Waals surface area contributed by atoms with Crippen LogP contribution in [0, 0.1) is 0 Å². The average molecular weight is 416 g/mol. The third-order valence-electron chi connectivity index (χ3n) is 4.94. The number of aromatic nitrogens is 5. The van der Waals surface area contributed by atoms with E-state index in [0.29, 0.717) is 37.1 Å². The molecule has 0 aliphatic carbocycles. The molecule has 4 heterocycles. The second kappa shape index (κ2) is 7.56. The fraction of sp³-hybridized carbons (Fsp3) is 0.526. The fourth-order valence-electron chi connectivity index (χ4n) is 3.58. The van der Waals surface area contributed by atoms with Crippen molar-refractivity contribution in [3.05, 3.63) is 34.2 Å². The van der Waals surface area contributed by atoms with E-state index in [9.17, 15) is 9.59 Å². The van der Waals surface area contributed by atoms with Gasteiger partial charge in [-0.15, -0.1) is 0 Å². The zero-order chi connectivity index (χ0) is 21.5. The smallest absolute Gasteiger partial charge is 0.410 e. The number of hydrogen-bond donors (Lipinski definition) is 2. The van der Waals surface area contributed by atoms with Gasteiger partial charge < -0.3 is 24.3 Å². The van der Waals surface area contributed by atoms with Crippen LogP contribution in [0.4, 0.5) is 4.79 Å². The molecule has 0 radical (unpaired) electrons. The molecule has 0 spiro atoms. The van der Waals surface area contributed by atoms with E-state index in [1.165, 1.54) is 6.07 Å². The number of hydrogen-bond acceptors (Lipinski definition) is 8. The van der Waals surface area contributed by atoms with Gasteiger partial charge in [0.1, 0.15) is 17.9 Å². The zero-order valence-corrected chi connectivity index (χ0v) is 17.1. The highest BCUT2D eigenvalue weighted by Crippen LogP contribution is 2.30. The van der Waals surface area contributed by atoms with Gasteiger partial charge in [0, 0.05) is 25.1 Å². The molecule has 30 heavy (non-hydrogen) atoms. The van der Waals surface area contributed by atoms with Crippen molar-refractivity contribution in [1.82, 2.24) is 29.6 Å². The third-order valence-corrected chi connectivity index (χ3v) is 4.94. The highest BCUT2D eigenvalue weighted by Gasteiger charge is 2.29. The van der Waals surface area contributed by atoms with E-state index in [0.717, 1.165) is 5.69 Å². The van der Waals surface area contributed by atoms with Crippen LogP contribution >= 0.6 is 0 Å². The molecule has 3 aromatic heterocycles. The largest absolute Gasteiger partial charge is 0.444 e. The van der Waals surface area contributed by atoms with Crippen LogP contribution in [0.15, 0.2) is 21.6 Å². The van der Waals surface area contributed by atoms with E-state index in [2.05, 4.69) is 20.2 Å². The summed E-state index contributed by atoms with van der Waals surface area (Å²) in [6.07, 6.45) is 2.60. The molecule has 1 aliphatic rings. The molecule has 1 aliphatic heterocycles. The number of piperidine rings is 1. The van der Waals surface area contributed by atoms with Crippen molar-refractivity contribution in [3.8, 4) is 11.4 Å². The van der Waals surface area contributed by atoms with Crippen LogP contribution in [-0.4, -0.2) is 59.5 Å². The molecule has 0 atom stereocenters. The van der Waals surface area contributed by atoms with Gasteiger partial charge in [-0.2, -0.15) is 10.1 Å². The van der Waals surface area contributed by atoms with Crippen molar-refractivity contribution in [1.29, 1.82) is 0 Å². The third kappa shape index (κ3) is 3.92. The molecule has 4 rings (SSSR count). The number of nitrogens with one attached hydrogen (secondary N) is 1. The van der Waals surface area contributed by atoms with E-state index in [1.807, 2.05) is 20.8 Å². The maximum atomic E-state index is 12.3. The Hall–Kier alpha value is -3.21. The Morgan fingerprint density at radius 3 is 2.73 bits per heavy atom. The SMILES string of the molecule is CC(C)(C)OC(=O)N1CCC(c2cc(=O)[nH]c3c(-c4noc(CO)n4)cnn23)CC1. The summed E-state index contributed by atoms with van der Waals surface area (Å²) in [5, 5.41) is 17.4. The Bertz CT molecular complexity index is 1120. The molecule has 160 valence electrons. The number of carbonyl (C=O) groups is 1. The number of H-pyrrole nitrogens is 1. The molecule has 0 bridgehead atoms. The molecule has 11 heteroatoms. The summed E-state index contributed by atoms with van der Waals surface area (Å²) in [5.41, 5.74) is 0.916. The highest BCUT2D eigenvalue weighted by molar-refractivity contribution is 5.72. The number of amides is 1. The maximum absolute atomic E-state index is 12.3. The molecule has 1 amide bonds. The summed E-state index contributed by atoms with van der Waals surface area (Å²) in [5.74, 6) is 0.374. The summed E-state index contributed by atoms with van der Waals surface area (Å²) in [4.78, 5) is 33.2. The molecular weight excluding hydrogens is 392 g/mol. The summed E-state index contributed by atoms with van der Waals surface area (Å²) in [6, 6.07) is 1.53. The van der Waals surface area contributed by atoms with Gasteiger partial charge in [0.25, 0.3) is 11.4 Å². The van der Waals surface area contributed by atoms with Crippen LogP contribution < -0.4 is 5.56 Å². The number of nitrogens with zero attached hydrogens (tertiary/aromatic N) is 5. The number of fused-ring (bicyclic) bond motifs is 1. The lowest BCUT2D eigenvalue weighted by molar-refractivity contribution is 0.0203. The second-order valence-corrected chi connectivity index (χ2v) is 8.29. The molecule has 1 fully saturated rings. The first-order chi connectivity index (χ1) is 14.2. The van der Waals surface area contributed by atoms with Crippen molar-refractivity contribution in [2.45, 2.75) is 51.7 Å². The van der Waals surface area contributed by atoms with Crippen molar-refractivity contribution < 1.29 is 19.2 Å². The highest BCUT2D eigenvalue weighted by atomic mass is 16.6. The van der Waals surface area contributed by atoms with Gasteiger partial charge >= 0.3 is 6.09 Å². The van der Waals surface area contributed by atoms with Gasteiger partial charge in [-0.05, 0) is 33.6 Å². The second-order valence-electron chi connectivity index (χ2n) is 8.29. The average Bonchev–Trinajstić information content (AvgIpc) is 3.32. The van der Waals surface area contributed by atoms with Crippen LogP contribution in [0.3, 0.4) is 0 Å². The standard InChI is InChI=1S/C19H24N6O5/c1-19(2,3)29-18(28)24-6-4-11(5-7-24)13-8-14(27)21-17-12(9-20-25(13)17)16-22-15(10-26)30-23-16/h8-9,11,26H,4-7,10H2,1-3H3,(H,21,27). The maximum Gasteiger partial charge on any atom is 0.410 e. The van der Waals surface area contributed by atoms with Gasteiger partial charge in [0.15, 0.2) is 0 Å². The lowest BCUT2D eigenvalue weighted by Crippen LogP contribution is -2.41. The van der Waals surface area contributed by atoms with Crippen molar-refractivity contribution in [2.24, 2.45) is 0 Å². The van der Waals surface area contributed by atoms with E-state index in [-0.39, 0.29) is 35.9 Å². The fourth-order valence-corrected chi connectivity index (χ4v) is 3.58.